The molecule has 1 saturated carbocycles. The Balaban J connectivity index is 1.26. The smallest absolute Gasteiger partial charge is 0.255 e. The van der Waals surface area contributed by atoms with Crippen LogP contribution in [0.4, 0.5) is 0 Å². The van der Waals surface area contributed by atoms with E-state index in [4.69, 9.17) is 4.74 Å². The molecule has 26 heavy (non-hydrogen) atoms. The average molecular weight is 355 g/mol. The molecule has 3 fully saturated rings. The Labute approximate surface area is 152 Å². The van der Waals surface area contributed by atoms with Gasteiger partial charge in [0.1, 0.15) is 5.52 Å². The van der Waals surface area contributed by atoms with Gasteiger partial charge < -0.3 is 14.2 Å². The molecule has 5 rings (SSSR count). The summed E-state index contributed by atoms with van der Waals surface area (Å²) < 4.78 is 7.59. The van der Waals surface area contributed by atoms with Gasteiger partial charge in [-0.25, -0.2) is 9.97 Å². The van der Waals surface area contributed by atoms with Crippen LogP contribution in [0.25, 0.3) is 11.2 Å². The van der Waals surface area contributed by atoms with Crippen LogP contribution in [0, 0.1) is 0 Å². The van der Waals surface area contributed by atoms with Crippen LogP contribution in [0.5, 0.6) is 0 Å². The van der Waals surface area contributed by atoms with Crippen molar-refractivity contribution in [2.45, 2.75) is 37.8 Å². The summed E-state index contributed by atoms with van der Waals surface area (Å²) in [6.45, 7) is 5.19. The van der Waals surface area contributed by atoms with Crippen molar-refractivity contribution in [2.75, 3.05) is 39.4 Å². The third-order valence-corrected chi connectivity index (χ3v) is 5.91. The predicted molar refractivity (Wildman–Crippen MR) is 97.1 cm³/mol. The number of hydrogen-bond donors (Lipinski definition) is 0. The minimum absolute atomic E-state index is 0.0759. The zero-order valence-corrected chi connectivity index (χ0v) is 15.0. The van der Waals surface area contributed by atoms with Crippen LogP contribution < -0.4 is 0 Å². The van der Waals surface area contributed by atoms with E-state index < -0.39 is 0 Å². The summed E-state index contributed by atoms with van der Waals surface area (Å²) in [6.07, 6.45) is 8.19. The first-order valence-electron chi connectivity index (χ1n) is 9.73. The van der Waals surface area contributed by atoms with Crippen LogP contribution in [0.3, 0.4) is 0 Å². The van der Waals surface area contributed by atoms with Crippen LogP contribution in [-0.2, 0) is 4.74 Å². The number of hydrogen-bond acceptors (Lipinski definition) is 5. The van der Waals surface area contributed by atoms with Crippen molar-refractivity contribution >= 4 is 17.1 Å². The van der Waals surface area contributed by atoms with E-state index in [0.29, 0.717) is 17.6 Å². The largest absolute Gasteiger partial charge is 0.381 e. The molecule has 2 aliphatic heterocycles. The predicted octanol–water partition coefficient (Wildman–Crippen LogP) is 1.70. The number of amides is 1. The maximum Gasteiger partial charge on any atom is 0.255 e. The molecule has 0 unspecified atom stereocenters. The Morgan fingerprint density at radius 2 is 1.77 bits per heavy atom. The highest BCUT2D eigenvalue weighted by atomic mass is 16.5. The quantitative estimate of drug-likeness (QED) is 0.839. The van der Waals surface area contributed by atoms with Crippen molar-refractivity contribution in [3.8, 4) is 0 Å². The normalized spacial score (nSPS) is 22.8. The highest BCUT2D eigenvalue weighted by molar-refractivity contribution is 5.96. The molecule has 4 heterocycles. The molecule has 0 spiro atoms. The highest BCUT2D eigenvalue weighted by Gasteiger charge is 2.29. The van der Waals surface area contributed by atoms with Gasteiger partial charge in [0.25, 0.3) is 5.91 Å². The van der Waals surface area contributed by atoms with Gasteiger partial charge in [-0.15, -0.1) is 0 Å². The SMILES string of the molecule is O=C(c1cnc2c(c1)ncn2C1CC1)N1CCN(C2CCOCC2)CC1. The highest BCUT2D eigenvalue weighted by Crippen LogP contribution is 2.36. The lowest BCUT2D eigenvalue weighted by Gasteiger charge is -2.40. The lowest BCUT2D eigenvalue weighted by Crippen LogP contribution is -2.53. The summed E-state index contributed by atoms with van der Waals surface area (Å²) in [4.78, 5) is 26.4. The lowest BCUT2D eigenvalue weighted by atomic mass is 10.1. The number of ether oxygens (including phenoxy) is 1. The van der Waals surface area contributed by atoms with Crippen molar-refractivity contribution in [3.63, 3.8) is 0 Å². The zero-order valence-electron chi connectivity index (χ0n) is 15.0. The summed E-state index contributed by atoms with van der Waals surface area (Å²) in [7, 11) is 0. The number of pyridine rings is 1. The Kier molecular flexibility index (Phi) is 4.13. The number of fused-ring (bicyclic) bond motifs is 1. The Hall–Kier alpha value is -1.99. The standard InChI is InChI=1S/C19H25N5O2/c25-19(23-7-5-22(6-8-23)15-3-9-26-10-4-15)14-11-17-18(20-12-14)24(13-21-17)16-1-2-16/h11-13,15-16H,1-10H2. The summed E-state index contributed by atoms with van der Waals surface area (Å²) in [6, 6.07) is 3.06. The molecule has 7 heteroatoms. The zero-order chi connectivity index (χ0) is 17.5. The van der Waals surface area contributed by atoms with Gasteiger partial charge in [0, 0.05) is 57.7 Å². The topological polar surface area (TPSA) is 63.5 Å². The van der Waals surface area contributed by atoms with Crippen LogP contribution in [0.2, 0.25) is 0 Å². The molecule has 0 N–H and O–H groups in total. The Bertz CT molecular complexity index is 801. The molecule has 2 saturated heterocycles. The summed E-state index contributed by atoms with van der Waals surface area (Å²) in [5.74, 6) is 0.0759. The molecule has 2 aromatic rings. The number of piperazine rings is 1. The van der Waals surface area contributed by atoms with Crippen molar-refractivity contribution in [3.05, 3.63) is 24.2 Å². The van der Waals surface area contributed by atoms with E-state index in [9.17, 15) is 4.79 Å². The number of rotatable bonds is 3. The first-order valence-corrected chi connectivity index (χ1v) is 9.73. The fraction of sp³-hybridized carbons (Fsp3) is 0.632. The molecule has 3 aliphatic rings. The van der Waals surface area contributed by atoms with Crippen molar-refractivity contribution < 1.29 is 9.53 Å². The minimum atomic E-state index is 0.0759. The maximum atomic E-state index is 12.9. The molecule has 0 radical (unpaired) electrons. The Morgan fingerprint density at radius 1 is 1.00 bits per heavy atom. The van der Waals surface area contributed by atoms with E-state index in [-0.39, 0.29) is 5.91 Å². The van der Waals surface area contributed by atoms with Gasteiger partial charge in [-0.2, -0.15) is 0 Å². The monoisotopic (exact) mass is 355 g/mol. The second-order valence-electron chi connectivity index (χ2n) is 7.62. The van der Waals surface area contributed by atoms with E-state index in [1.165, 1.54) is 12.8 Å². The van der Waals surface area contributed by atoms with Gasteiger partial charge in [0.05, 0.1) is 11.9 Å². The molecule has 0 bridgehead atoms. The third kappa shape index (κ3) is 2.99. The molecule has 138 valence electrons. The fourth-order valence-corrected chi connectivity index (χ4v) is 4.18. The number of nitrogens with zero attached hydrogens (tertiary/aromatic N) is 5. The number of carbonyl (C=O) groups is 1. The molecular formula is C19H25N5O2. The number of imidazole rings is 1. The lowest BCUT2D eigenvalue weighted by molar-refractivity contribution is 0.0137. The van der Waals surface area contributed by atoms with Crippen molar-refractivity contribution in [1.29, 1.82) is 0 Å². The summed E-state index contributed by atoms with van der Waals surface area (Å²) in [5, 5.41) is 0. The number of aromatic nitrogens is 3. The van der Waals surface area contributed by atoms with Crippen LogP contribution in [-0.4, -0.2) is 75.7 Å². The second kappa shape index (κ2) is 6.63. The van der Waals surface area contributed by atoms with E-state index in [1.807, 2.05) is 17.3 Å². The molecule has 2 aromatic heterocycles. The molecule has 7 nitrogen and oxygen atoms in total. The average Bonchev–Trinajstić information content (AvgIpc) is 3.47. The second-order valence-corrected chi connectivity index (χ2v) is 7.62. The fourth-order valence-electron chi connectivity index (χ4n) is 4.18. The van der Waals surface area contributed by atoms with Gasteiger partial charge in [-0.3, -0.25) is 9.69 Å². The van der Waals surface area contributed by atoms with Crippen molar-refractivity contribution in [2.24, 2.45) is 0 Å². The molecule has 1 aliphatic carbocycles. The van der Waals surface area contributed by atoms with Gasteiger partial charge in [0.15, 0.2) is 5.65 Å². The van der Waals surface area contributed by atoms with E-state index >= 15 is 0 Å². The minimum Gasteiger partial charge on any atom is -0.381 e. The summed E-state index contributed by atoms with van der Waals surface area (Å²) >= 11 is 0. The van der Waals surface area contributed by atoms with E-state index in [1.54, 1.807) is 6.20 Å². The third-order valence-electron chi connectivity index (χ3n) is 5.91. The molecular weight excluding hydrogens is 330 g/mol. The van der Waals surface area contributed by atoms with Gasteiger partial charge >= 0.3 is 0 Å². The number of carbonyl (C=O) groups excluding carboxylic acids is 1. The molecule has 1 amide bonds. The van der Waals surface area contributed by atoms with E-state index in [2.05, 4.69) is 19.4 Å². The van der Waals surface area contributed by atoms with Gasteiger partial charge in [0.2, 0.25) is 0 Å². The van der Waals surface area contributed by atoms with Gasteiger partial charge in [-0.1, -0.05) is 0 Å². The van der Waals surface area contributed by atoms with Crippen molar-refractivity contribution in [1.82, 2.24) is 24.3 Å². The maximum absolute atomic E-state index is 12.9. The van der Waals surface area contributed by atoms with Crippen LogP contribution >= 0.6 is 0 Å². The van der Waals surface area contributed by atoms with Crippen LogP contribution in [0.1, 0.15) is 42.1 Å². The van der Waals surface area contributed by atoms with E-state index in [0.717, 1.165) is 63.4 Å². The summed E-state index contributed by atoms with van der Waals surface area (Å²) in [5.41, 5.74) is 2.37. The van der Waals surface area contributed by atoms with Crippen LogP contribution in [0.15, 0.2) is 18.6 Å². The van der Waals surface area contributed by atoms with Gasteiger partial charge in [-0.05, 0) is 31.7 Å². The molecule has 0 aromatic carbocycles. The first-order chi connectivity index (χ1) is 12.8. The first kappa shape index (κ1) is 16.2. The Morgan fingerprint density at radius 3 is 2.50 bits per heavy atom. The molecule has 0 atom stereocenters.